The van der Waals surface area contributed by atoms with E-state index in [0.717, 1.165) is 19.1 Å². The van der Waals surface area contributed by atoms with E-state index in [-0.39, 0.29) is 0 Å². The topological polar surface area (TPSA) is 29.1 Å². The molecule has 1 aromatic rings. The van der Waals surface area contributed by atoms with E-state index in [4.69, 9.17) is 0 Å². The van der Waals surface area contributed by atoms with Crippen LogP contribution in [0.4, 0.5) is 17.6 Å². The van der Waals surface area contributed by atoms with Gasteiger partial charge in [0.1, 0.15) is 11.9 Å². The summed E-state index contributed by atoms with van der Waals surface area (Å²) in [6.45, 7) is 0.790. The normalized spacial score (nSPS) is 13.3. The average Bonchev–Trinajstić information content (AvgIpc) is 2.16. The summed E-state index contributed by atoms with van der Waals surface area (Å²) in [5.74, 6) is -1.93. The minimum absolute atomic E-state index is 0.404. The number of alkyl halides is 3. The van der Waals surface area contributed by atoms with Crippen molar-refractivity contribution in [1.29, 1.82) is 0 Å². The maximum atomic E-state index is 13.0. The summed E-state index contributed by atoms with van der Waals surface area (Å²) in [5, 5.41) is 1.67. The van der Waals surface area contributed by atoms with E-state index in [1.54, 1.807) is 5.32 Å². The molecule has 1 unspecified atom stereocenters. The van der Waals surface area contributed by atoms with Crippen molar-refractivity contribution in [2.75, 3.05) is 0 Å². The van der Waals surface area contributed by atoms with E-state index in [0.29, 0.717) is 0 Å². The van der Waals surface area contributed by atoms with Crippen molar-refractivity contribution in [1.82, 2.24) is 5.32 Å². The van der Waals surface area contributed by atoms with Crippen LogP contribution >= 0.6 is 0 Å². The predicted molar refractivity (Wildman–Crippen MR) is 49.4 cm³/mol. The maximum Gasteiger partial charge on any atom is 0.408 e. The molecule has 0 bridgehead atoms. The highest BCUT2D eigenvalue weighted by Crippen LogP contribution is 2.20. The number of hydrogen-bond acceptors (Lipinski definition) is 1. The summed E-state index contributed by atoms with van der Waals surface area (Å²) in [6, 6.07) is 2.83. The van der Waals surface area contributed by atoms with Gasteiger partial charge in [-0.1, -0.05) is 12.1 Å². The Balaban J connectivity index is 2.78. The Hall–Kier alpha value is -1.59. The van der Waals surface area contributed by atoms with Gasteiger partial charge in [-0.25, -0.2) is 4.39 Å². The van der Waals surface area contributed by atoms with Gasteiger partial charge in [-0.3, -0.25) is 4.79 Å². The van der Waals surface area contributed by atoms with E-state index in [1.807, 2.05) is 0 Å². The molecule has 0 fully saturated rings. The van der Waals surface area contributed by atoms with E-state index < -0.39 is 29.5 Å². The zero-order valence-electron chi connectivity index (χ0n) is 8.31. The second-order valence-corrected chi connectivity index (χ2v) is 3.22. The highest BCUT2D eigenvalue weighted by Gasteiger charge is 2.37. The number of carbonyl (C=O) groups is 1. The molecule has 2 nitrogen and oxygen atoms in total. The Morgan fingerprint density at radius 2 is 1.88 bits per heavy atom. The van der Waals surface area contributed by atoms with Gasteiger partial charge >= 0.3 is 6.18 Å². The molecule has 16 heavy (non-hydrogen) atoms. The molecule has 0 saturated carbocycles. The smallest absolute Gasteiger partial charge is 0.340 e. The van der Waals surface area contributed by atoms with Gasteiger partial charge in [0, 0.05) is 0 Å². The highest BCUT2D eigenvalue weighted by atomic mass is 19.4. The summed E-state index contributed by atoms with van der Waals surface area (Å²) in [5.41, 5.74) is -0.404. The summed E-state index contributed by atoms with van der Waals surface area (Å²) in [7, 11) is 0. The molecular formula is C10H9F4NO. The van der Waals surface area contributed by atoms with Crippen molar-refractivity contribution in [3.63, 3.8) is 0 Å². The zero-order chi connectivity index (χ0) is 12.3. The highest BCUT2D eigenvalue weighted by molar-refractivity contribution is 5.94. The Morgan fingerprint density at radius 3 is 2.38 bits per heavy atom. The van der Waals surface area contributed by atoms with E-state index >= 15 is 0 Å². The van der Waals surface area contributed by atoms with Crippen LogP contribution in [0, 0.1) is 5.82 Å². The molecule has 0 aliphatic heterocycles. The van der Waals surface area contributed by atoms with Gasteiger partial charge in [0.2, 0.25) is 0 Å². The lowest BCUT2D eigenvalue weighted by molar-refractivity contribution is -0.149. The zero-order valence-corrected chi connectivity index (χ0v) is 8.31. The van der Waals surface area contributed by atoms with Crippen LogP contribution < -0.4 is 5.32 Å². The van der Waals surface area contributed by atoms with Crippen molar-refractivity contribution >= 4 is 5.91 Å². The summed E-state index contributed by atoms with van der Waals surface area (Å²) in [6.07, 6.45) is -4.54. The number of hydrogen-bond donors (Lipinski definition) is 1. The van der Waals surface area contributed by atoms with Gasteiger partial charge in [0.15, 0.2) is 0 Å². The van der Waals surface area contributed by atoms with Crippen molar-refractivity contribution in [3.05, 3.63) is 35.6 Å². The number of halogens is 4. The van der Waals surface area contributed by atoms with E-state index in [2.05, 4.69) is 0 Å². The van der Waals surface area contributed by atoms with Gasteiger partial charge < -0.3 is 5.32 Å². The molecule has 6 heteroatoms. The summed E-state index contributed by atoms with van der Waals surface area (Å²) in [4.78, 5) is 11.3. The number of benzene rings is 1. The molecule has 0 aliphatic rings. The van der Waals surface area contributed by atoms with E-state index in [9.17, 15) is 22.4 Å². The number of rotatable bonds is 2. The van der Waals surface area contributed by atoms with Crippen LogP contribution in [0.1, 0.15) is 17.3 Å². The lowest BCUT2D eigenvalue weighted by Crippen LogP contribution is -2.43. The maximum absolute atomic E-state index is 13.0. The first-order valence-electron chi connectivity index (χ1n) is 4.44. The Kier molecular flexibility index (Phi) is 3.51. The molecule has 0 radical (unpaired) electrons. The molecule has 0 heterocycles. The molecule has 1 atom stereocenters. The molecular weight excluding hydrogens is 226 g/mol. The van der Waals surface area contributed by atoms with Crippen LogP contribution in [-0.4, -0.2) is 18.1 Å². The van der Waals surface area contributed by atoms with Crippen molar-refractivity contribution in [3.8, 4) is 0 Å². The van der Waals surface area contributed by atoms with Crippen LogP contribution in [0.15, 0.2) is 24.3 Å². The van der Waals surface area contributed by atoms with Gasteiger partial charge in [0.25, 0.3) is 5.91 Å². The molecule has 1 amide bonds. The SMILES string of the molecule is CC(NC(=O)c1ccccc1F)C(F)(F)F. The largest absolute Gasteiger partial charge is 0.408 e. The quantitative estimate of drug-likeness (QED) is 0.784. The standard InChI is InChI=1S/C10H9F4NO/c1-6(10(12,13)14)15-9(16)7-4-2-3-5-8(7)11/h2-6H,1H3,(H,15,16). The fourth-order valence-corrected chi connectivity index (χ4v) is 1.00. The lowest BCUT2D eigenvalue weighted by atomic mass is 10.2. The van der Waals surface area contributed by atoms with Crippen molar-refractivity contribution < 1.29 is 22.4 Å². The molecule has 1 N–H and O–H groups in total. The van der Waals surface area contributed by atoms with Gasteiger partial charge in [-0.2, -0.15) is 13.2 Å². The van der Waals surface area contributed by atoms with Crippen LogP contribution in [0.3, 0.4) is 0 Å². The minimum Gasteiger partial charge on any atom is -0.340 e. The third-order valence-corrected chi connectivity index (χ3v) is 1.96. The van der Waals surface area contributed by atoms with Gasteiger partial charge in [0.05, 0.1) is 5.56 Å². The number of nitrogens with one attached hydrogen (secondary N) is 1. The number of amides is 1. The van der Waals surface area contributed by atoms with Crippen molar-refractivity contribution in [2.24, 2.45) is 0 Å². The van der Waals surface area contributed by atoms with Gasteiger partial charge in [-0.15, -0.1) is 0 Å². The molecule has 0 saturated heterocycles. The van der Waals surface area contributed by atoms with Crippen LogP contribution in [-0.2, 0) is 0 Å². The molecule has 0 aromatic heterocycles. The Labute approximate surface area is 89.3 Å². The lowest BCUT2D eigenvalue weighted by Gasteiger charge is -2.17. The second-order valence-electron chi connectivity index (χ2n) is 3.22. The first-order valence-corrected chi connectivity index (χ1v) is 4.44. The molecule has 0 spiro atoms. The first-order chi connectivity index (χ1) is 7.32. The van der Waals surface area contributed by atoms with Crippen molar-refractivity contribution in [2.45, 2.75) is 19.1 Å². The molecule has 88 valence electrons. The second kappa shape index (κ2) is 4.51. The molecule has 1 aromatic carbocycles. The average molecular weight is 235 g/mol. The third kappa shape index (κ3) is 2.95. The van der Waals surface area contributed by atoms with Gasteiger partial charge in [-0.05, 0) is 19.1 Å². The molecule has 0 aliphatic carbocycles. The monoisotopic (exact) mass is 235 g/mol. The van der Waals surface area contributed by atoms with Crippen LogP contribution in [0.25, 0.3) is 0 Å². The Morgan fingerprint density at radius 1 is 1.31 bits per heavy atom. The first kappa shape index (κ1) is 12.5. The molecule has 1 rings (SSSR count). The Bertz CT molecular complexity index is 389. The van der Waals surface area contributed by atoms with E-state index in [1.165, 1.54) is 12.1 Å². The predicted octanol–water partition coefficient (Wildman–Crippen LogP) is 2.51. The van der Waals surface area contributed by atoms with Crippen LogP contribution in [0.5, 0.6) is 0 Å². The summed E-state index contributed by atoms with van der Waals surface area (Å²) >= 11 is 0. The minimum atomic E-state index is -4.54. The fraction of sp³-hybridized carbons (Fsp3) is 0.300. The van der Waals surface area contributed by atoms with Crippen LogP contribution in [0.2, 0.25) is 0 Å². The fourth-order valence-electron chi connectivity index (χ4n) is 1.00. The third-order valence-electron chi connectivity index (χ3n) is 1.96. The summed E-state index contributed by atoms with van der Waals surface area (Å²) < 4.78 is 49.4. The number of carbonyl (C=O) groups excluding carboxylic acids is 1.